The second-order valence-electron chi connectivity index (χ2n) is 5.15. The molecule has 1 heterocycles. The van der Waals surface area contributed by atoms with Crippen LogP contribution in [0.2, 0.25) is 0 Å². The van der Waals surface area contributed by atoms with Crippen LogP contribution < -0.4 is 15.2 Å². The number of methoxy groups -OCH3 is 1. The number of nitrogens with one attached hydrogen (secondary N) is 1. The lowest BCUT2D eigenvalue weighted by Crippen LogP contribution is -2.10. The third kappa shape index (κ3) is 4.24. The van der Waals surface area contributed by atoms with Crippen molar-refractivity contribution in [3.63, 3.8) is 0 Å². The average Bonchev–Trinajstić information content (AvgIpc) is 2.55. The third-order valence-electron chi connectivity index (χ3n) is 3.34. The first-order valence-electron chi connectivity index (χ1n) is 7.39. The van der Waals surface area contributed by atoms with Crippen LogP contribution >= 0.6 is 0 Å². The Balaban J connectivity index is 2.56. The molecule has 25 heavy (non-hydrogen) atoms. The molecule has 0 saturated heterocycles. The van der Waals surface area contributed by atoms with E-state index in [1.54, 1.807) is 0 Å². The Bertz CT molecular complexity index is 829. The predicted molar refractivity (Wildman–Crippen MR) is 94.5 cm³/mol. The molecule has 2 aromatic rings. The van der Waals surface area contributed by atoms with Crippen molar-refractivity contribution in [2.75, 3.05) is 23.3 Å². The van der Waals surface area contributed by atoms with Crippen molar-refractivity contribution in [2.45, 2.75) is 13.3 Å². The summed E-state index contributed by atoms with van der Waals surface area (Å²) in [7, 11) is -0.112. The van der Waals surface area contributed by atoms with Crippen molar-refractivity contribution in [3.05, 3.63) is 35.8 Å². The van der Waals surface area contributed by atoms with E-state index in [-0.39, 0.29) is 28.4 Å². The van der Waals surface area contributed by atoms with Crippen LogP contribution in [-0.4, -0.2) is 33.1 Å². The van der Waals surface area contributed by atoms with Gasteiger partial charge >= 0.3 is 5.97 Å². The zero-order chi connectivity index (χ0) is 18.6. The van der Waals surface area contributed by atoms with Crippen molar-refractivity contribution in [1.29, 1.82) is 0 Å². The summed E-state index contributed by atoms with van der Waals surface area (Å²) in [4.78, 5) is 15.0. The Hall–Kier alpha value is -2.68. The van der Waals surface area contributed by atoms with Crippen molar-refractivity contribution in [1.82, 2.24) is 4.98 Å². The molecule has 1 atom stereocenters. The maximum atomic E-state index is 14.4. The summed E-state index contributed by atoms with van der Waals surface area (Å²) in [6.45, 7) is 1.87. The molecule has 0 amide bonds. The highest BCUT2D eigenvalue weighted by Gasteiger charge is 2.17. The highest BCUT2D eigenvalue weighted by atomic mass is 32.2. The number of hydrogen-bond acceptors (Lipinski definition) is 5. The zero-order valence-corrected chi connectivity index (χ0v) is 14.5. The van der Waals surface area contributed by atoms with Crippen molar-refractivity contribution < 1.29 is 23.2 Å². The molecule has 0 spiro atoms. The quantitative estimate of drug-likeness (QED) is 0.693. The number of pyridine rings is 1. The molecule has 0 aliphatic carbocycles. The van der Waals surface area contributed by atoms with Crippen LogP contribution in [0.4, 0.5) is 15.9 Å². The van der Waals surface area contributed by atoms with Crippen LogP contribution in [0.15, 0.2) is 24.4 Å². The van der Waals surface area contributed by atoms with Gasteiger partial charge in [-0.15, -0.1) is 0 Å². The van der Waals surface area contributed by atoms with E-state index in [1.165, 1.54) is 19.2 Å². The number of aromatic nitrogens is 1. The summed E-state index contributed by atoms with van der Waals surface area (Å²) in [5.74, 6) is -1.53. The molecule has 1 aromatic heterocycles. The van der Waals surface area contributed by atoms with E-state index in [4.69, 9.17) is 15.6 Å². The average molecular weight is 367 g/mol. The number of hydrogen-bond donors (Lipinski definition) is 3. The van der Waals surface area contributed by atoms with E-state index < -0.39 is 22.8 Å². The van der Waals surface area contributed by atoms with Crippen LogP contribution in [-0.2, 0) is 11.0 Å². The Morgan fingerprint density at radius 2 is 2.16 bits per heavy atom. The Morgan fingerprint density at radius 1 is 1.44 bits per heavy atom. The first kappa shape index (κ1) is 18.7. The molecule has 9 heteroatoms. The minimum Gasteiger partial charge on any atom is -0.492 e. The third-order valence-corrected chi connectivity index (χ3v) is 4.56. The van der Waals surface area contributed by atoms with E-state index in [2.05, 4.69) is 9.71 Å². The molecule has 7 nitrogen and oxygen atoms in total. The Morgan fingerprint density at radius 3 is 2.76 bits per heavy atom. The van der Waals surface area contributed by atoms with Gasteiger partial charge in [0.2, 0.25) is 0 Å². The number of ether oxygens (including phenoxy) is 1. The van der Waals surface area contributed by atoms with Gasteiger partial charge in [-0.25, -0.2) is 18.4 Å². The smallest absolute Gasteiger partial charge is 0.337 e. The van der Waals surface area contributed by atoms with Crippen molar-refractivity contribution in [2.24, 2.45) is 0 Å². The molecule has 0 fully saturated rings. The monoisotopic (exact) mass is 367 g/mol. The summed E-state index contributed by atoms with van der Waals surface area (Å²) in [6, 6.07) is 3.96. The Kier molecular flexibility index (Phi) is 5.92. The summed E-state index contributed by atoms with van der Waals surface area (Å²) >= 11 is 0. The molecular weight excluding hydrogens is 349 g/mol. The van der Waals surface area contributed by atoms with Crippen LogP contribution in [0, 0.1) is 5.82 Å². The van der Waals surface area contributed by atoms with Crippen LogP contribution in [0.5, 0.6) is 5.75 Å². The van der Waals surface area contributed by atoms with Gasteiger partial charge in [0.15, 0.2) is 11.6 Å². The maximum Gasteiger partial charge on any atom is 0.337 e. The molecular formula is C16H18FN3O4S. The molecule has 0 saturated carbocycles. The van der Waals surface area contributed by atoms with Crippen molar-refractivity contribution in [3.8, 4) is 16.9 Å². The topological polar surface area (TPSA) is 115 Å². The molecule has 4 N–H and O–H groups in total. The number of nitrogens with two attached hydrogens (primary N) is 1. The lowest BCUT2D eigenvalue weighted by atomic mass is 10.0. The number of nitrogens with zero attached hydrogens (tertiary/aromatic N) is 1. The fourth-order valence-corrected chi connectivity index (χ4v) is 3.08. The molecule has 0 bridgehead atoms. The van der Waals surface area contributed by atoms with Gasteiger partial charge in [0.1, 0.15) is 16.8 Å². The number of halogens is 1. The predicted octanol–water partition coefficient (Wildman–Crippen LogP) is 2.66. The van der Waals surface area contributed by atoms with Gasteiger partial charge < -0.3 is 20.3 Å². The van der Waals surface area contributed by atoms with E-state index in [9.17, 15) is 13.4 Å². The number of carbonyl (C=O) groups is 1. The van der Waals surface area contributed by atoms with E-state index in [0.29, 0.717) is 17.7 Å². The number of anilines is 2. The SMILES string of the molecule is CCCS(=O)Nc1cc(-c2cc(C(=O)O)cnc2N)cc(F)c1OC. The minimum absolute atomic E-state index is 0.0511. The maximum absolute atomic E-state index is 14.4. The number of benzene rings is 1. The largest absolute Gasteiger partial charge is 0.492 e. The first-order chi connectivity index (χ1) is 11.9. The number of rotatable bonds is 7. The van der Waals surface area contributed by atoms with Gasteiger partial charge in [0, 0.05) is 17.5 Å². The normalized spacial score (nSPS) is 11.8. The summed E-state index contributed by atoms with van der Waals surface area (Å²) in [5.41, 5.74) is 6.46. The second-order valence-corrected chi connectivity index (χ2v) is 6.46. The molecule has 0 radical (unpaired) electrons. The van der Waals surface area contributed by atoms with Gasteiger partial charge in [0.25, 0.3) is 0 Å². The number of nitrogen functional groups attached to an aromatic ring is 1. The molecule has 2 rings (SSSR count). The van der Waals surface area contributed by atoms with E-state index in [0.717, 1.165) is 12.3 Å². The van der Waals surface area contributed by atoms with Gasteiger partial charge in [0.05, 0.1) is 18.4 Å². The second kappa shape index (κ2) is 7.93. The molecule has 0 aliphatic heterocycles. The van der Waals surface area contributed by atoms with Crippen LogP contribution in [0.3, 0.4) is 0 Å². The van der Waals surface area contributed by atoms with Gasteiger partial charge in [-0.1, -0.05) is 6.92 Å². The highest BCUT2D eigenvalue weighted by molar-refractivity contribution is 7.86. The minimum atomic E-state index is -1.41. The molecule has 1 unspecified atom stereocenters. The van der Waals surface area contributed by atoms with E-state index in [1.807, 2.05) is 6.92 Å². The number of carboxylic acid groups (broad SMARTS) is 1. The molecule has 1 aromatic carbocycles. The first-order valence-corrected chi connectivity index (χ1v) is 8.71. The summed E-state index contributed by atoms with van der Waals surface area (Å²) in [6.07, 6.45) is 1.80. The lowest BCUT2D eigenvalue weighted by molar-refractivity contribution is 0.0696. The van der Waals surface area contributed by atoms with E-state index >= 15 is 0 Å². The fourth-order valence-electron chi connectivity index (χ4n) is 2.21. The van der Waals surface area contributed by atoms with Gasteiger partial charge in [-0.3, -0.25) is 0 Å². The van der Waals surface area contributed by atoms with Crippen LogP contribution in [0.1, 0.15) is 23.7 Å². The van der Waals surface area contributed by atoms with Gasteiger partial charge in [-0.2, -0.15) is 0 Å². The standard InChI is InChI=1S/C16H18FN3O4S/c1-3-4-25(23)20-13-7-9(6-12(17)14(13)24-2)11-5-10(16(21)22)8-19-15(11)18/h5-8,20H,3-4H2,1-2H3,(H2,18,19)(H,21,22). The van der Waals surface area contributed by atoms with Crippen LogP contribution in [0.25, 0.3) is 11.1 Å². The summed E-state index contributed by atoms with van der Waals surface area (Å²) in [5, 5.41) is 9.09. The lowest BCUT2D eigenvalue weighted by Gasteiger charge is -2.14. The fraction of sp³-hybridized carbons (Fsp3) is 0.250. The highest BCUT2D eigenvalue weighted by Crippen LogP contribution is 2.35. The van der Waals surface area contributed by atoms with Gasteiger partial charge in [-0.05, 0) is 30.2 Å². The summed E-state index contributed by atoms with van der Waals surface area (Å²) < 4.78 is 34.1. The van der Waals surface area contributed by atoms with Crippen molar-refractivity contribution >= 4 is 28.5 Å². The Labute approximate surface area is 146 Å². The molecule has 0 aliphatic rings. The molecule has 134 valence electrons. The number of carboxylic acids is 1. The zero-order valence-electron chi connectivity index (χ0n) is 13.7. The number of aromatic carboxylic acids is 1.